The Hall–Kier alpha value is -6.24. The molecule has 11 nitrogen and oxygen atoms in total. The van der Waals surface area contributed by atoms with Crippen molar-refractivity contribution >= 4 is 5.95 Å². The van der Waals surface area contributed by atoms with Crippen LogP contribution in [0.25, 0.3) is 33.8 Å². The lowest BCUT2D eigenvalue weighted by Gasteiger charge is -2.34. The van der Waals surface area contributed by atoms with E-state index >= 15 is 0 Å². The highest BCUT2D eigenvalue weighted by Gasteiger charge is 2.39. The van der Waals surface area contributed by atoms with Gasteiger partial charge >= 0.3 is 0 Å². The molecule has 0 atom stereocenters. The third kappa shape index (κ3) is 10.3. The lowest BCUT2D eigenvalue weighted by molar-refractivity contribution is -0.0268. The smallest absolute Gasteiger partial charge is 0.299 e. The summed E-state index contributed by atoms with van der Waals surface area (Å²) in [5.74, 6) is -1.37. The van der Waals surface area contributed by atoms with Crippen LogP contribution in [-0.2, 0) is 63.1 Å². The topological polar surface area (TPSA) is 117 Å². The van der Waals surface area contributed by atoms with E-state index in [1.165, 1.54) is 33.9 Å². The van der Waals surface area contributed by atoms with Gasteiger partial charge in [-0.25, -0.2) is 18.7 Å². The molecule has 0 radical (unpaired) electrons. The molecule has 3 aromatic carbocycles. The first-order valence-corrected chi connectivity index (χ1v) is 25.0. The Labute approximate surface area is 418 Å². The SMILES string of the molecule is CCCN(C)c1nc2c(c(=O)n1C)C(C)(C)Cc1cc(C)ccc1-2.CCCc1nc2c(c(=O)n1C)C(C)(C)Cc1cc(C)ccc1-2.Cc1ccc2c(c1)CC(C)(C)c1c-2nc(OCC(C)(F)F)n(C)c1=O. The molecule has 0 bridgehead atoms. The van der Waals surface area contributed by atoms with Crippen molar-refractivity contribution < 1.29 is 13.5 Å². The molecule has 3 aliphatic rings. The van der Waals surface area contributed by atoms with E-state index in [-0.39, 0.29) is 33.5 Å². The van der Waals surface area contributed by atoms with Crippen LogP contribution in [0, 0.1) is 20.8 Å². The number of aryl methyl sites for hydroxylation is 4. The van der Waals surface area contributed by atoms with Crippen molar-refractivity contribution in [2.24, 2.45) is 21.1 Å². The third-order valence-corrected chi connectivity index (χ3v) is 14.2. The second kappa shape index (κ2) is 19.4. The Morgan fingerprint density at radius 2 is 1.00 bits per heavy atom. The lowest BCUT2D eigenvalue weighted by Crippen LogP contribution is -2.39. The van der Waals surface area contributed by atoms with Crippen LogP contribution < -0.4 is 26.3 Å². The number of aromatic nitrogens is 6. The van der Waals surface area contributed by atoms with Crippen LogP contribution in [0.4, 0.5) is 14.7 Å². The molecule has 0 amide bonds. The lowest BCUT2D eigenvalue weighted by atomic mass is 9.72. The van der Waals surface area contributed by atoms with E-state index in [0.717, 1.165) is 114 Å². The summed E-state index contributed by atoms with van der Waals surface area (Å²) in [6.07, 6.45) is 5.33. The molecule has 378 valence electrons. The molecule has 0 fully saturated rings. The molecule has 3 aliphatic carbocycles. The average Bonchev–Trinajstić information content (AvgIpc) is 3.26. The summed E-state index contributed by atoms with van der Waals surface area (Å²) < 4.78 is 36.1. The number of rotatable bonds is 8. The fourth-order valence-corrected chi connectivity index (χ4v) is 10.8. The summed E-state index contributed by atoms with van der Waals surface area (Å²) >= 11 is 0. The highest BCUT2D eigenvalue weighted by molar-refractivity contribution is 5.74. The Morgan fingerprint density at radius 1 is 0.606 bits per heavy atom. The molecule has 3 aromatic heterocycles. The van der Waals surface area contributed by atoms with E-state index in [0.29, 0.717) is 11.3 Å². The van der Waals surface area contributed by atoms with E-state index in [1.54, 1.807) is 9.13 Å². The standard InChI is InChI=1S/C20H27N3O.C19H22F2N2O2.C19H24N2O/c1-7-10-22(5)19-21-17-15-9-8-13(2)11-14(15)12-20(3,4)16(17)18(24)23(19)6;1-11-6-7-13-12(8-11)9-18(2,3)14-15(13)22-17(23(5)16(14)24)25-10-19(4,20)21;1-6-7-15-20-17-14-9-8-12(2)10-13(14)11-19(3,4)16(17)18(22)21(15)5/h8-9,11H,7,10,12H2,1-6H3;6-8H,9-10H2,1-5H3;8-10H,6-7,11H2,1-5H3. The number of nitrogens with zero attached hydrogens (tertiary/aromatic N) is 7. The molecule has 3 heterocycles. The van der Waals surface area contributed by atoms with Gasteiger partial charge in [0.05, 0.1) is 22.6 Å². The van der Waals surface area contributed by atoms with E-state index in [4.69, 9.17) is 14.7 Å². The summed E-state index contributed by atoms with van der Waals surface area (Å²) in [5, 5.41) is 0. The molecule has 13 heteroatoms. The summed E-state index contributed by atoms with van der Waals surface area (Å²) in [4.78, 5) is 55.3. The molecule has 0 saturated heterocycles. The fourth-order valence-electron chi connectivity index (χ4n) is 10.8. The zero-order chi connectivity index (χ0) is 52.3. The van der Waals surface area contributed by atoms with Gasteiger partial charge in [0.1, 0.15) is 5.82 Å². The molecule has 0 unspecified atom stereocenters. The van der Waals surface area contributed by atoms with Crippen LogP contribution >= 0.6 is 0 Å². The van der Waals surface area contributed by atoms with E-state index in [1.807, 2.05) is 54.0 Å². The second-order valence-corrected chi connectivity index (χ2v) is 22.3. The van der Waals surface area contributed by atoms with Crippen molar-refractivity contribution in [3.63, 3.8) is 0 Å². The van der Waals surface area contributed by atoms with Crippen molar-refractivity contribution in [1.82, 2.24) is 28.7 Å². The van der Waals surface area contributed by atoms with E-state index in [9.17, 15) is 23.2 Å². The molecule has 0 aliphatic heterocycles. The van der Waals surface area contributed by atoms with Gasteiger partial charge in [-0.15, -0.1) is 0 Å². The zero-order valence-corrected chi connectivity index (χ0v) is 44.9. The van der Waals surface area contributed by atoms with Gasteiger partial charge in [0.2, 0.25) is 5.95 Å². The van der Waals surface area contributed by atoms with Crippen molar-refractivity contribution in [3.05, 3.63) is 142 Å². The predicted octanol–water partition coefficient (Wildman–Crippen LogP) is 10.6. The molecule has 0 spiro atoms. The summed E-state index contributed by atoms with van der Waals surface area (Å²) in [7, 11) is 7.18. The maximum Gasteiger partial charge on any atom is 0.299 e. The highest BCUT2D eigenvalue weighted by atomic mass is 19.3. The van der Waals surface area contributed by atoms with Crippen LogP contribution in [0.3, 0.4) is 0 Å². The fraction of sp³-hybridized carbons (Fsp3) is 0.483. The van der Waals surface area contributed by atoms with E-state index < -0.39 is 17.9 Å². The predicted molar refractivity (Wildman–Crippen MR) is 283 cm³/mol. The number of anilines is 1. The van der Waals surface area contributed by atoms with Crippen molar-refractivity contribution in [3.8, 4) is 39.8 Å². The summed E-state index contributed by atoms with van der Waals surface area (Å²) in [6.45, 7) is 23.9. The van der Waals surface area contributed by atoms with Gasteiger partial charge < -0.3 is 9.64 Å². The molecular weight excluding hydrogens is 897 g/mol. The van der Waals surface area contributed by atoms with Gasteiger partial charge in [0, 0.05) is 92.1 Å². The monoisotopic (exact) mass is 970 g/mol. The molecular formula is C58H73F2N7O4. The number of benzene rings is 3. The van der Waals surface area contributed by atoms with Crippen LogP contribution in [0.1, 0.15) is 131 Å². The average molecular weight is 970 g/mol. The van der Waals surface area contributed by atoms with Crippen molar-refractivity contribution in [2.75, 3.05) is 25.1 Å². The Kier molecular flexibility index (Phi) is 14.4. The first-order valence-electron chi connectivity index (χ1n) is 25.0. The van der Waals surface area contributed by atoms with Crippen molar-refractivity contribution in [1.29, 1.82) is 0 Å². The van der Waals surface area contributed by atoms with Crippen LogP contribution in [0.15, 0.2) is 69.0 Å². The van der Waals surface area contributed by atoms with Gasteiger partial charge in [-0.05, 0) is 69.6 Å². The van der Waals surface area contributed by atoms with Crippen LogP contribution in [0.2, 0.25) is 0 Å². The number of halogens is 2. The summed E-state index contributed by atoms with van der Waals surface area (Å²) in [6, 6.07) is 18.8. The summed E-state index contributed by atoms with van der Waals surface area (Å²) in [5.41, 5.74) is 14.2. The first-order chi connectivity index (χ1) is 33.1. The normalized spacial score (nSPS) is 15.2. The number of alkyl halides is 2. The Bertz CT molecular complexity index is 3230. The second-order valence-electron chi connectivity index (χ2n) is 22.3. The number of fused-ring (bicyclic) bond motifs is 9. The maximum absolute atomic E-state index is 13.1. The number of hydrogen-bond donors (Lipinski definition) is 0. The molecule has 0 N–H and O–H groups in total. The zero-order valence-electron chi connectivity index (χ0n) is 44.9. The molecule has 0 saturated carbocycles. The van der Waals surface area contributed by atoms with Crippen LogP contribution in [-0.4, -0.2) is 54.8 Å². The third-order valence-electron chi connectivity index (χ3n) is 14.2. The largest absolute Gasteiger partial charge is 0.458 e. The quantitative estimate of drug-likeness (QED) is 0.148. The van der Waals surface area contributed by atoms with Gasteiger partial charge in [0.25, 0.3) is 28.6 Å². The van der Waals surface area contributed by atoms with Gasteiger partial charge in [-0.1, -0.05) is 127 Å². The molecule has 6 aromatic rings. The minimum Gasteiger partial charge on any atom is -0.458 e. The minimum atomic E-state index is -3.00. The number of hydrogen-bond acceptors (Lipinski definition) is 8. The van der Waals surface area contributed by atoms with Gasteiger partial charge in [-0.3, -0.25) is 28.1 Å². The van der Waals surface area contributed by atoms with Crippen molar-refractivity contribution in [2.45, 2.75) is 144 Å². The highest BCUT2D eigenvalue weighted by Crippen LogP contribution is 2.44. The molecule has 9 rings (SSSR count). The minimum absolute atomic E-state index is 0.0779. The first kappa shape index (κ1) is 52.6. The molecule has 71 heavy (non-hydrogen) atoms. The van der Waals surface area contributed by atoms with Gasteiger partial charge in [0.15, 0.2) is 6.61 Å². The Balaban J connectivity index is 0.000000157. The maximum atomic E-state index is 13.1. The van der Waals surface area contributed by atoms with Crippen LogP contribution in [0.5, 0.6) is 6.01 Å². The number of ether oxygens (including phenoxy) is 1. The van der Waals surface area contributed by atoms with E-state index in [2.05, 4.69) is 108 Å². The van der Waals surface area contributed by atoms with Gasteiger partial charge in [-0.2, -0.15) is 4.98 Å². The Morgan fingerprint density at radius 3 is 1.41 bits per heavy atom.